The Hall–Kier alpha value is -1.29. The molecule has 4 nitrogen and oxygen atoms in total. The van der Waals surface area contributed by atoms with Gasteiger partial charge in [-0.15, -0.1) is 0 Å². The van der Waals surface area contributed by atoms with E-state index in [2.05, 4.69) is 0 Å². The molecule has 0 aliphatic carbocycles. The smallest absolute Gasteiger partial charge is 0.335 e. The van der Waals surface area contributed by atoms with E-state index in [-0.39, 0.29) is 5.56 Å². The van der Waals surface area contributed by atoms with Crippen molar-refractivity contribution in [2.24, 2.45) is 0 Å². The lowest BCUT2D eigenvalue weighted by molar-refractivity contribution is 0.0696. The monoisotopic (exact) mass is 331 g/mol. The lowest BCUT2D eigenvalue weighted by Crippen LogP contribution is -2.13. The molecule has 1 N–H and O–H groups in total. The summed E-state index contributed by atoms with van der Waals surface area (Å²) in [5.74, 6) is -0.569. The van der Waals surface area contributed by atoms with E-state index in [9.17, 15) is 4.79 Å². The van der Waals surface area contributed by atoms with Gasteiger partial charge in [0.25, 0.3) is 0 Å². The third-order valence-corrected chi connectivity index (χ3v) is 2.85. The van der Waals surface area contributed by atoms with Crippen molar-refractivity contribution in [1.29, 1.82) is 5.26 Å². The molecule has 1 aromatic rings. The maximum absolute atomic E-state index is 10.8. The number of ether oxygens (including phenoxy) is 1. The second-order valence-corrected chi connectivity index (χ2v) is 4.26. The van der Waals surface area contributed by atoms with Gasteiger partial charge in [-0.05, 0) is 47.2 Å². The molecule has 0 aliphatic rings. The lowest BCUT2D eigenvalue weighted by atomic mass is 10.2. The van der Waals surface area contributed by atoms with Gasteiger partial charge in [-0.25, -0.2) is 4.79 Å². The Kier molecular flexibility index (Phi) is 4.55. The van der Waals surface area contributed by atoms with Crippen LogP contribution in [-0.4, -0.2) is 17.2 Å². The van der Waals surface area contributed by atoms with Gasteiger partial charge in [0.05, 0.1) is 9.13 Å². The summed E-state index contributed by atoms with van der Waals surface area (Å²) in [6.45, 7) is 1.84. The normalized spacial score (nSPS) is 11.6. The first-order valence-corrected chi connectivity index (χ1v) is 5.75. The average Bonchev–Trinajstić information content (AvgIpc) is 2.27. The van der Waals surface area contributed by atoms with Crippen molar-refractivity contribution >= 4 is 28.6 Å². The Morgan fingerprint density at radius 3 is 2.88 bits per heavy atom. The van der Waals surface area contributed by atoms with Crippen LogP contribution in [0.5, 0.6) is 5.75 Å². The molecule has 1 unspecified atom stereocenters. The molecular weight excluding hydrogens is 321 g/mol. The van der Waals surface area contributed by atoms with Crippen molar-refractivity contribution < 1.29 is 14.6 Å². The number of carboxylic acid groups (broad SMARTS) is 1. The van der Waals surface area contributed by atoms with Crippen LogP contribution in [0.4, 0.5) is 0 Å². The van der Waals surface area contributed by atoms with E-state index >= 15 is 0 Å². The molecular formula is C11H10INO3. The fourth-order valence-corrected chi connectivity index (χ4v) is 1.54. The van der Waals surface area contributed by atoms with Gasteiger partial charge in [0.15, 0.2) is 6.10 Å². The number of hydrogen-bond donors (Lipinski definition) is 1. The van der Waals surface area contributed by atoms with E-state index in [1.807, 2.05) is 35.6 Å². The van der Waals surface area contributed by atoms with Crippen LogP contribution in [0.15, 0.2) is 18.2 Å². The summed E-state index contributed by atoms with van der Waals surface area (Å²) in [6, 6.07) is 6.60. The molecule has 1 atom stereocenters. The van der Waals surface area contributed by atoms with Crippen molar-refractivity contribution in [1.82, 2.24) is 0 Å². The first kappa shape index (κ1) is 12.8. The summed E-state index contributed by atoms with van der Waals surface area (Å²) in [6.07, 6.45) is 0.0155. The van der Waals surface area contributed by atoms with E-state index in [0.717, 1.165) is 3.57 Å². The summed E-state index contributed by atoms with van der Waals surface area (Å²) in [5.41, 5.74) is 0.156. The van der Waals surface area contributed by atoms with Crippen molar-refractivity contribution in [2.75, 3.05) is 0 Å². The van der Waals surface area contributed by atoms with Gasteiger partial charge in [-0.1, -0.05) is 6.92 Å². The predicted octanol–water partition coefficient (Wildman–Crippen LogP) is 2.67. The highest BCUT2D eigenvalue weighted by Crippen LogP contribution is 2.23. The van der Waals surface area contributed by atoms with Crippen molar-refractivity contribution in [2.45, 2.75) is 19.4 Å². The van der Waals surface area contributed by atoms with Crippen molar-refractivity contribution in [3.8, 4) is 11.8 Å². The summed E-state index contributed by atoms with van der Waals surface area (Å²) in [7, 11) is 0. The van der Waals surface area contributed by atoms with Gasteiger partial charge in [0.2, 0.25) is 0 Å². The van der Waals surface area contributed by atoms with Crippen molar-refractivity contribution in [3.63, 3.8) is 0 Å². The molecule has 0 aromatic heterocycles. The first-order valence-electron chi connectivity index (χ1n) is 4.67. The van der Waals surface area contributed by atoms with Crippen LogP contribution < -0.4 is 4.74 Å². The average molecular weight is 331 g/mol. The Balaban J connectivity index is 2.99. The van der Waals surface area contributed by atoms with E-state index in [0.29, 0.717) is 12.2 Å². The number of carboxylic acids is 1. The largest absolute Gasteiger partial charge is 0.478 e. The first-order chi connectivity index (χ1) is 7.58. The number of nitrogens with zero attached hydrogens (tertiary/aromatic N) is 1. The summed E-state index contributed by atoms with van der Waals surface area (Å²) in [5, 5.41) is 17.6. The number of nitriles is 1. The fourth-order valence-electron chi connectivity index (χ4n) is 1.08. The minimum absolute atomic E-state index is 0.156. The predicted molar refractivity (Wildman–Crippen MR) is 66.4 cm³/mol. The molecule has 0 aliphatic heterocycles. The number of rotatable bonds is 4. The fraction of sp³-hybridized carbons (Fsp3) is 0.273. The minimum atomic E-state index is -1.01. The van der Waals surface area contributed by atoms with Gasteiger partial charge in [0, 0.05) is 0 Å². The maximum Gasteiger partial charge on any atom is 0.335 e. The molecule has 1 aromatic carbocycles. The van der Waals surface area contributed by atoms with Crippen LogP contribution in [0, 0.1) is 14.9 Å². The molecule has 16 heavy (non-hydrogen) atoms. The van der Waals surface area contributed by atoms with E-state index in [1.165, 1.54) is 12.1 Å². The van der Waals surface area contributed by atoms with Crippen LogP contribution in [0.3, 0.4) is 0 Å². The molecule has 0 heterocycles. The number of hydrogen-bond acceptors (Lipinski definition) is 3. The summed E-state index contributed by atoms with van der Waals surface area (Å²) >= 11 is 2.04. The lowest BCUT2D eigenvalue weighted by Gasteiger charge is -2.12. The number of aromatic carboxylic acids is 1. The Morgan fingerprint density at radius 1 is 1.69 bits per heavy atom. The third kappa shape index (κ3) is 3.10. The topological polar surface area (TPSA) is 70.3 Å². The standard InChI is InChI=1S/C11H10INO3/c1-2-8(6-13)16-10-5-7(11(14)15)3-4-9(10)12/h3-5,8H,2H2,1H3,(H,14,15). The zero-order valence-corrected chi connectivity index (χ0v) is 10.8. The Labute approximate surface area is 107 Å². The van der Waals surface area contributed by atoms with Crippen LogP contribution in [0.2, 0.25) is 0 Å². The van der Waals surface area contributed by atoms with E-state index in [1.54, 1.807) is 6.07 Å². The van der Waals surface area contributed by atoms with Crippen LogP contribution in [-0.2, 0) is 0 Å². The second kappa shape index (κ2) is 5.70. The molecule has 84 valence electrons. The van der Waals surface area contributed by atoms with E-state index in [4.69, 9.17) is 15.1 Å². The maximum atomic E-state index is 10.8. The van der Waals surface area contributed by atoms with Crippen LogP contribution in [0.1, 0.15) is 23.7 Å². The number of halogens is 1. The van der Waals surface area contributed by atoms with E-state index < -0.39 is 12.1 Å². The number of benzene rings is 1. The molecule has 0 spiro atoms. The molecule has 0 saturated carbocycles. The molecule has 0 bridgehead atoms. The molecule has 0 saturated heterocycles. The Bertz CT molecular complexity index is 439. The third-order valence-electron chi connectivity index (χ3n) is 1.96. The molecule has 0 amide bonds. The quantitative estimate of drug-likeness (QED) is 0.861. The van der Waals surface area contributed by atoms with Crippen LogP contribution in [0.25, 0.3) is 0 Å². The highest BCUT2D eigenvalue weighted by molar-refractivity contribution is 14.1. The second-order valence-electron chi connectivity index (χ2n) is 3.09. The highest BCUT2D eigenvalue weighted by atomic mass is 127. The minimum Gasteiger partial charge on any atom is -0.478 e. The van der Waals surface area contributed by atoms with Crippen LogP contribution >= 0.6 is 22.6 Å². The van der Waals surface area contributed by atoms with Gasteiger partial charge < -0.3 is 9.84 Å². The van der Waals surface area contributed by atoms with Gasteiger partial charge in [-0.3, -0.25) is 0 Å². The Morgan fingerprint density at radius 2 is 2.38 bits per heavy atom. The molecule has 0 fully saturated rings. The zero-order valence-electron chi connectivity index (χ0n) is 8.61. The van der Waals surface area contributed by atoms with Gasteiger partial charge >= 0.3 is 5.97 Å². The van der Waals surface area contributed by atoms with Gasteiger partial charge in [-0.2, -0.15) is 5.26 Å². The molecule has 1 rings (SSSR count). The molecule has 0 radical (unpaired) electrons. The summed E-state index contributed by atoms with van der Waals surface area (Å²) in [4.78, 5) is 10.8. The SMILES string of the molecule is CCC(C#N)Oc1cc(C(=O)O)ccc1I. The highest BCUT2D eigenvalue weighted by Gasteiger charge is 2.12. The number of carbonyl (C=O) groups is 1. The van der Waals surface area contributed by atoms with Gasteiger partial charge in [0.1, 0.15) is 11.8 Å². The molecule has 5 heteroatoms. The zero-order chi connectivity index (χ0) is 12.1. The van der Waals surface area contributed by atoms with Crippen molar-refractivity contribution in [3.05, 3.63) is 27.3 Å². The summed E-state index contributed by atoms with van der Waals surface area (Å²) < 4.78 is 6.19.